The molecule has 0 amide bonds. The minimum Gasteiger partial charge on any atom is -0.377 e. The smallest absolute Gasteiger partial charge is 0.0700 e. The van der Waals surface area contributed by atoms with Gasteiger partial charge in [0.1, 0.15) is 0 Å². The highest BCUT2D eigenvalue weighted by molar-refractivity contribution is 5.09. The lowest BCUT2D eigenvalue weighted by Gasteiger charge is -2.10. The molecule has 0 saturated carbocycles. The summed E-state index contributed by atoms with van der Waals surface area (Å²) in [5.74, 6) is 0. The first-order valence-corrected chi connectivity index (χ1v) is 6.16. The van der Waals surface area contributed by atoms with Crippen molar-refractivity contribution in [1.29, 1.82) is 0 Å². The highest BCUT2D eigenvalue weighted by Crippen LogP contribution is 2.10. The van der Waals surface area contributed by atoms with Crippen molar-refractivity contribution in [2.45, 2.75) is 31.8 Å². The third kappa shape index (κ3) is 3.91. The van der Waals surface area contributed by atoms with Crippen LogP contribution in [0.5, 0.6) is 0 Å². The summed E-state index contributed by atoms with van der Waals surface area (Å²) in [7, 11) is 0. The first kappa shape index (κ1) is 11.6. The second-order valence-electron chi connectivity index (χ2n) is 4.30. The molecule has 0 radical (unpaired) electrons. The molecule has 3 nitrogen and oxygen atoms in total. The summed E-state index contributed by atoms with van der Waals surface area (Å²) in [6.07, 6.45) is 8.92. The Kier molecular flexibility index (Phi) is 4.77. The summed E-state index contributed by atoms with van der Waals surface area (Å²) in [5, 5.41) is 3.46. The van der Waals surface area contributed by atoms with Gasteiger partial charge in [-0.05, 0) is 49.9 Å². The molecule has 16 heavy (non-hydrogen) atoms. The van der Waals surface area contributed by atoms with E-state index in [9.17, 15) is 0 Å². The zero-order valence-electron chi connectivity index (χ0n) is 9.69. The number of hydrogen-bond donors (Lipinski definition) is 1. The van der Waals surface area contributed by atoms with Gasteiger partial charge in [0.05, 0.1) is 6.10 Å². The maximum atomic E-state index is 5.55. The number of hydrogen-bond acceptors (Lipinski definition) is 3. The first-order valence-electron chi connectivity index (χ1n) is 6.16. The average Bonchev–Trinajstić information content (AvgIpc) is 2.83. The summed E-state index contributed by atoms with van der Waals surface area (Å²) < 4.78 is 5.55. The third-order valence-corrected chi connectivity index (χ3v) is 2.96. The van der Waals surface area contributed by atoms with E-state index in [1.807, 2.05) is 12.4 Å². The normalized spacial score (nSPS) is 20.1. The van der Waals surface area contributed by atoms with Crippen LogP contribution in [0.25, 0.3) is 0 Å². The molecule has 1 aromatic heterocycles. The molecule has 1 aromatic rings. The van der Waals surface area contributed by atoms with Gasteiger partial charge in [0.15, 0.2) is 0 Å². The Morgan fingerprint density at radius 3 is 3.00 bits per heavy atom. The fourth-order valence-corrected chi connectivity index (χ4v) is 2.04. The molecular formula is C13H20N2O. The predicted molar refractivity (Wildman–Crippen MR) is 64.4 cm³/mol. The van der Waals surface area contributed by atoms with Crippen LogP contribution in [0.4, 0.5) is 0 Å². The fourth-order valence-electron chi connectivity index (χ4n) is 2.04. The van der Waals surface area contributed by atoms with E-state index in [0.717, 1.165) is 26.1 Å². The lowest BCUT2D eigenvalue weighted by molar-refractivity contribution is 0.110. The molecule has 1 N–H and O–H groups in total. The van der Waals surface area contributed by atoms with Crippen molar-refractivity contribution in [3.05, 3.63) is 30.1 Å². The minimum atomic E-state index is 0.459. The predicted octanol–water partition coefficient (Wildman–Crippen LogP) is 1.78. The molecule has 0 aromatic carbocycles. The van der Waals surface area contributed by atoms with Gasteiger partial charge < -0.3 is 10.1 Å². The largest absolute Gasteiger partial charge is 0.377 e. The fraction of sp³-hybridized carbons (Fsp3) is 0.615. The van der Waals surface area contributed by atoms with E-state index in [1.54, 1.807) is 0 Å². The van der Waals surface area contributed by atoms with Gasteiger partial charge in [-0.15, -0.1) is 0 Å². The molecule has 1 atom stereocenters. The van der Waals surface area contributed by atoms with Crippen molar-refractivity contribution in [3.8, 4) is 0 Å². The molecular weight excluding hydrogens is 200 g/mol. The molecule has 1 aliphatic rings. The molecule has 1 aliphatic heterocycles. The van der Waals surface area contributed by atoms with Crippen molar-refractivity contribution in [2.24, 2.45) is 0 Å². The number of nitrogens with one attached hydrogen (secondary N) is 1. The van der Waals surface area contributed by atoms with Crippen LogP contribution in [0.1, 0.15) is 24.8 Å². The number of ether oxygens (including phenoxy) is 1. The van der Waals surface area contributed by atoms with Crippen molar-refractivity contribution in [1.82, 2.24) is 10.3 Å². The SMILES string of the molecule is c1cc(CCCNCC2CCCO2)ccn1. The standard InChI is InChI=1S/C13H20N2O/c1(3-12-5-8-14-9-6-12)7-15-11-13-4-2-10-16-13/h5-6,8-9,13,15H,1-4,7,10-11H2. The summed E-state index contributed by atoms with van der Waals surface area (Å²) in [5.41, 5.74) is 1.37. The Morgan fingerprint density at radius 1 is 1.38 bits per heavy atom. The first-order chi connectivity index (χ1) is 7.95. The van der Waals surface area contributed by atoms with Crippen LogP contribution in [-0.2, 0) is 11.2 Å². The van der Waals surface area contributed by atoms with Crippen molar-refractivity contribution < 1.29 is 4.74 Å². The van der Waals surface area contributed by atoms with Gasteiger partial charge in [0.25, 0.3) is 0 Å². The molecule has 1 unspecified atom stereocenters. The Bertz CT molecular complexity index is 283. The van der Waals surface area contributed by atoms with Crippen LogP contribution in [0.2, 0.25) is 0 Å². The van der Waals surface area contributed by atoms with E-state index in [2.05, 4.69) is 22.4 Å². The molecule has 0 aliphatic carbocycles. The van der Waals surface area contributed by atoms with E-state index in [-0.39, 0.29) is 0 Å². The number of rotatable bonds is 6. The lowest BCUT2D eigenvalue weighted by Crippen LogP contribution is -2.27. The summed E-state index contributed by atoms with van der Waals surface area (Å²) in [6, 6.07) is 4.17. The van der Waals surface area contributed by atoms with Gasteiger partial charge in [-0.25, -0.2) is 0 Å². The zero-order valence-corrected chi connectivity index (χ0v) is 9.69. The number of aryl methyl sites for hydroxylation is 1. The Labute approximate surface area is 97.2 Å². The highest BCUT2D eigenvalue weighted by Gasteiger charge is 2.13. The van der Waals surface area contributed by atoms with Gasteiger partial charge in [-0.2, -0.15) is 0 Å². The van der Waals surface area contributed by atoms with E-state index in [1.165, 1.54) is 24.8 Å². The molecule has 0 bridgehead atoms. The molecule has 0 spiro atoms. The van der Waals surface area contributed by atoms with Gasteiger partial charge in [-0.1, -0.05) is 0 Å². The van der Waals surface area contributed by atoms with Crippen LogP contribution in [0, 0.1) is 0 Å². The molecule has 2 rings (SSSR count). The van der Waals surface area contributed by atoms with E-state index >= 15 is 0 Å². The van der Waals surface area contributed by atoms with Crippen molar-refractivity contribution in [3.63, 3.8) is 0 Å². The second kappa shape index (κ2) is 6.61. The monoisotopic (exact) mass is 220 g/mol. The maximum absolute atomic E-state index is 5.55. The summed E-state index contributed by atoms with van der Waals surface area (Å²) >= 11 is 0. The molecule has 88 valence electrons. The van der Waals surface area contributed by atoms with Crippen LogP contribution >= 0.6 is 0 Å². The second-order valence-corrected chi connectivity index (χ2v) is 4.30. The zero-order chi connectivity index (χ0) is 11.1. The Morgan fingerprint density at radius 2 is 2.25 bits per heavy atom. The highest BCUT2D eigenvalue weighted by atomic mass is 16.5. The average molecular weight is 220 g/mol. The number of nitrogens with zero attached hydrogens (tertiary/aromatic N) is 1. The van der Waals surface area contributed by atoms with Gasteiger partial charge in [0.2, 0.25) is 0 Å². The van der Waals surface area contributed by atoms with Gasteiger partial charge in [0, 0.05) is 25.5 Å². The van der Waals surface area contributed by atoms with Crippen LogP contribution in [0.3, 0.4) is 0 Å². The molecule has 3 heteroatoms. The van der Waals surface area contributed by atoms with Crippen LogP contribution in [-0.4, -0.2) is 30.8 Å². The van der Waals surface area contributed by atoms with Crippen LogP contribution < -0.4 is 5.32 Å². The lowest BCUT2D eigenvalue weighted by atomic mass is 10.1. The Hall–Kier alpha value is -0.930. The van der Waals surface area contributed by atoms with E-state index in [0.29, 0.717) is 6.10 Å². The van der Waals surface area contributed by atoms with Crippen molar-refractivity contribution in [2.75, 3.05) is 19.7 Å². The third-order valence-electron chi connectivity index (χ3n) is 2.96. The summed E-state index contributed by atoms with van der Waals surface area (Å²) in [4.78, 5) is 4.01. The minimum absolute atomic E-state index is 0.459. The number of aromatic nitrogens is 1. The van der Waals surface area contributed by atoms with E-state index < -0.39 is 0 Å². The maximum Gasteiger partial charge on any atom is 0.0700 e. The quantitative estimate of drug-likeness (QED) is 0.742. The van der Waals surface area contributed by atoms with Gasteiger partial charge >= 0.3 is 0 Å². The Balaban J connectivity index is 1.52. The summed E-state index contributed by atoms with van der Waals surface area (Å²) in [6.45, 7) is 3.03. The van der Waals surface area contributed by atoms with Crippen LogP contribution in [0.15, 0.2) is 24.5 Å². The molecule has 1 saturated heterocycles. The topological polar surface area (TPSA) is 34.1 Å². The van der Waals surface area contributed by atoms with E-state index in [4.69, 9.17) is 4.74 Å². The van der Waals surface area contributed by atoms with Gasteiger partial charge in [-0.3, -0.25) is 4.98 Å². The van der Waals surface area contributed by atoms with Crippen molar-refractivity contribution >= 4 is 0 Å². The molecule has 1 fully saturated rings. The number of pyridine rings is 1. The molecule has 2 heterocycles.